The van der Waals surface area contributed by atoms with Crippen LogP contribution in [-0.4, -0.2) is 76.2 Å². The van der Waals surface area contributed by atoms with E-state index in [0.29, 0.717) is 6.42 Å². The van der Waals surface area contributed by atoms with E-state index in [4.69, 9.17) is 15.9 Å². The third-order valence-electron chi connectivity index (χ3n) is 3.49. The van der Waals surface area contributed by atoms with Crippen LogP contribution in [0.1, 0.15) is 20.3 Å². The van der Waals surface area contributed by atoms with Crippen molar-refractivity contribution < 1.29 is 29.4 Å². The number of carboxylic acids is 1. The maximum Gasteiger partial charge on any atom is 0.328 e. The Balaban J connectivity index is 5.10. The van der Waals surface area contributed by atoms with Crippen molar-refractivity contribution in [3.8, 4) is 0 Å². The van der Waals surface area contributed by atoms with Gasteiger partial charge in [-0.3, -0.25) is 14.4 Å². The van der Waals surface area contributed by atoms with Crippen LogP contribution in [-0.2, 0) is 19.2 Å². The number of nitrogens with two attached hydrogens (primary N) is 1. The first-order chi connectivity index (χ1) is 12.6. The number of amides is 3. The highest BCUT2D eigenvalue weighted by Gasteiger charge is 2.29. The Bertz CT molecular complexity index is 534. The van der Waals surface area contributed by atoms with Gasteiger partial charge in [0, 0.05) is 11.5 Å². The highest BCUT2D eigenvalue weighted by molar-refractivity contribution is 7.80. The van der Waals surface area contributed by atoms with E-state index >= 15 is 0 Å². The SMILES string of the molecule is CC(C)CC(NC(=O)C(N)CS)C(=O)NC(CS)C(=O)NC(CO)C(=O)O. The van der Waals surface area contributed by atoms with E-state index in [-0.39, 0.29) is 17.4 Å². The van der Waals surface area contributed by atoms with E-state index in [0.717, 1.165) is 0 Å². The topological polar surface area (TPSA) is 171 Å². The van der Waals surface area contributed by atoms with Crippen LogP contribution in [0.2, 0.25) is 0 Å². The maximum atomic E-state index is 12.5. The van der Waals surface area contributed by atoms with Gasteiger partial charge in [0.05, 0.1) is 12.6 Å². The first-order valence-electron chi connectivity index (χ1n) is 8.29. The van der Waals surface area contributed by atoms with Gasteiger partial charge in [-0.05, 0) is 12.3 Å². The summed E-state index contributed by atoms with van der Waals surface area (Å²) in [5.41, 5.74) is 5.59. The zero-order valence-electron chi connectivity index (χ0n) is 15.2. The second-order valence-corrected chi connectivity index (χ2v) is 7.04. The summed E-state index contributed by atoms with van der Waals surface area (Å²) < 4.78 is 0. The zero-order valence-corrected chi connectivity index (χ0v) is 17.0. The summed E-state index contributed by atoms with van der Waals surface area (Å²) in [6.45, 7) is 2.90. The number of hydrogen-bond acceptors (Lipinski definition) is 8. The summed E-state index contributed by atoms with van der Waals surface area (Å²) in [5, 5.41) is 24.9. The molecule has 0 aliphatic carbocycles. The minimum absolute atomic E-state index is 0.0577. The number of thiol groups is 2. The number of nitrogens with one attached hydrogen (secondary N) is 3. The lowest BCUT2D eigenvalue weighted by Gasteiger charge is -2.25. The van der Waals surface area contributed by atoms with Crippen molar-refractivity contribution in [2.24, 2.45) is 11.7 Å². The first-order valence-corrected chi connectivity index (χ1v) is 9.55. The van der Waals surface area contributed by atoms with Crippen LogP contribution in [0.5, 0.6) is 0 Å². The van der Waals surface area contributed by atoms with Gasteiger partial charge < -0.3 is 31.9 Å². The van der Waals surface area contributed by atoms with Crippen molar-refractivity contribution in [2.75, 3.05) is 18.1 Å². The number of aliphatic carboxylic acids is 1. The predicted octanol–water partition coefficient (Wildman–Crippen LogP) is -2.25. The predicted molar refractivity (Wildman–Crippen MR) is 106 cm³/mol. The molecule has 0 saturated carbocycles. The fourth-order valence-electron chi connectivity index (χ4n) is 1.99. The van der Waals surface area contributed by atoms with Crippen LogP contribution in [0.15, 0.2) is 0 Å². The molecule has 10 nitrogen and oxygen atoms in total. The Kier molecular flexibility index (Phi) is 12.1. The summed E-state index contributed by atoms with van der Waals surface area (Å²) in [6, 6.07) is -4.48. The minimum Gasteiger partial charge on any atom is -0.480 e. The van der Waals surface area contributed by atoms with Crippen LogP contribution < -0.4 is 21.7 Å². The van der Waals surface area contributed by atoms with Crippen molar-refractivity contribution in [3.05, 3.63) is 0 Å². The molecule has 0 aromatic heterocycles. The maximum absolute atomic E-state index is 12.5. The molecule has 0 radical (unpaired) electrons. The van der Waals surface area contributed by atoms with Gasteiger partial charge in [-0.1, -0.05) is 13.8 Å². The first kappa shape index (κ1) is 25.5. The van der Waals surface area contributed by atoms with Crippen molar-refractivity contribution in [3.63, 3.8) is 0 Å². The molecule has 0 rings (SSSR count). The molecule has 0 spiro atoms. The smallest absolute Gasteiger partial charge is 0.328 e. The van der Waals surface area contributed by atoms with Gasteiger partial charge >= 0.3 is 5.97 Å². The van der Waals surface area contributed by atoms with Crippen LogP contribution in [0.25, 0.3) is 0 Å². The largest absolute Gasteiger partial charge is 0.480 e. The van der Waals surface area contributed by atoms with E-state index in [1.54, 1.807) is 0 Å². The van der Waals surface area contributed by atoms with E-state index in [9.17, 15) is 19.2 Å². The van der Waals surface area contributed by atoms with Crippen molar-refractivity contribution in [1.82, 2.24) is 16.0 Å². The van der Waals surface area contributed by atoms with Gasteiger partial charge in [0.2, 0.25) is 17.7 Å². The summed E-state index contributed by atoms with van der Waals surface area (Å²) in [5.74, 6) is -3.38. The van der Waals surface area contributed by atoms with Crippen molar-refractivity contribution >= 4 is 48.9 Å². The molecule has 0 aliphatic heterocycles. The summed E-state index contributed by atoms with van der Waals surface area (Å²) in [4.78, 5) is 47.5. The molecule has 0 heterocycles. The quantitative estimate of drug-likeness (QED) is 0.164. The molecule has 0 fully saturated rings. The number of carbonyl (C=O) groups excluding carboxylic acids is 3. The Hall–Kier alpha value is -1.50. The van der Waals surface area contributed by atoms with E-state index < -0.39 is 54.5 Å². The van der Waals surface area contributed by atoms with Gasteiger partial charge in [0.1, 0.15) is 18.1 Å². The molecule has 3 amide bonds. The molecule has 0 aliphatic rings. The van der Waals surface area contributed by atoms with Gasteiger partial charge in [-0.15, -0.1) is 0 Å². The van der Waals surface area contributed by atoms with Gasteiger partial charge in [-0.25, -0.2) is 4.79 Å². The number of aliphatic hydroxyl groups excluding tert-OH is 1. The third-order valence-corrected chi connectivity index (χ3v) is 4.24. The second kappa shape index (κ2) is 12.8. The number of rotatable bonds is 12. The standard InChI is InChI=1S/C15H28N4O6S2/c1-7(2)3-9(17-12(21)8(16)5-26)13(22)19-11(6-27)14(23)18-10(4-20)15(24)25/h7-11,20,26-27H,3-6,16H2,1-2H3,(H,17,21)(H,18,23)(H,19,22)(H,24,25). The van der Waals surface area contributed by atoms with Crippen LogP contribution in [0, 0.1) is 5.92 Å². The molecule has 0 aromatic rings. The van der Waals surface area contributed by atoms with Crippen LogP contribution in [0.3, 0.4) is 0 Å². The highest BCUT2D eigenvalue weighted by atomic mass is 32.1. The monoisotopic (exact) mass is 424 g/mol. The van der Waals surface area contributed by atoms with Gasteiger partial charge in [0.15, 0.2) is 0 Å². The summed E-state index contributed by atoms with van der Waals surface area (Å²) in [7, 11) is 0. The molecule has 0 aromatic carbocycles. The molecule has 12 heteroatoms. The summed E-state index contributed by atoms with van der Waals surface area (Å²) in [6.07, 6.45) is 0.298. The molecule has 0 bridgehead atoms. The minimum atomic E-state index is -1.50. The lowest BCUT2D eigenvalue weighted by atomic mass is 10.0. The van der Waals surface area contributed by atoms with E-state index in [1.165, 1.54) is 0 Å². The lowest BCUT2D eigenvalue weighted by molar-refractivity contribution is -0.143. The van der Waals surface area contributed by atoms with Crippen molar-refractivity contribution in [1.29, 1.82) is 0 Å². The van der Waals surface area contributed by atoms with Crippen molar-refractivity contribution in [2.45, 2.75) is 44.4 Å². The van der Waals surface area contributed by atoms with E-state index in [2.05, 4.69) is 41.2 Å². The van der Waals surface area contributed by atoms with E-state index in [1.807, 2.05) is 13.8 Å². The fourth-order valence-corrected chi connectivity index (χ4v) is 2.41. The average Bonchev–Trinajstić information content (AvgIpc) is 2.61. The van der Waals surface area contributed by atoms with Gasteiger partial charge in [0.25, 0.3) is 0 Å². The molecule has 27 heavy (non-hydrogen) atoms. The average molecular weight is 425 g/mol. The Morgan fingerprint density at radius 3 is 1.78 bits per heavy atom. The molecular weight excluding hydrogens is 396 g/mol. The Labute approximate surface area is 168 Å². The van der Waals surface area contributed by atoms with Crippen LogP contribution in [0.4, 0.5) is 0 Å². The number of aliphatic hydroxyl groups is 1. The fraction of sp³-hybridized carbons (Fsp3) is 0.733. The molecule has 4 unspecified atom stereocenters. The number of carboxylic acid groups (broad SMARTS) is 1. The zero-order chi connectivity index (χ0) is 21.1. The van der Waals surface area contributed by atoms with Gasteiger partial charge in [-0.2, -0.15) is 25.3 Å². The number of carbonyl (C=O) groups is 4. The lowest BCUT2D eigenvalue weighted by Crippen LogP contribution is -2.58. The van der Waals surface area contributed by atoms with Crippen LogP contribution >= 0.6 is 25.3 Å². The Morgan fingerprint density at radius 2 is 1.37 bits per heavy atom. The Morgan fingerprint density at radius 1 is 0.889 bits per heavy atom. The number of hydrogen-bond donors (Lipinski definition) is 8. The molecular formula is C15H28N4O6S2. The summed E-state index contributed by atoms with van der Waals surface area (Å²) >= 11 is 7.92. The third kappa shape index (κ3) is 9.31. The molecule has 7 N–H and O–H groups in total. The molecule has 4 atom stereocenters. The highest BCUT2D eigenvalue weighted by Crippen LogP contribution is 2.06. The normalized spacial score (nSPS) is 15.4. The molecule has 156 valence electrons. The molecule has 0 saturated heterocycles. The second-order valence-electron chi connectivity index (χ2n) is 6.31.